The first-order valence-electron chi connectivity index (χ1n) is 8.61. The molecule has 4 rings (SSSR count). The smallest absolute Gasteiger partial charge is 0.392 e. The van der Waals surface area contributed by atoms with Crippen molar-refractivity contribution >= 4 is 15.7 Å². The Morgan fingerprint density at radius 3 is 2.85 bits per heavy atom. The first kappa shape index (κ1) is 17.0. The standard InChI is InChI=1S/C17H19N3O5S/c21-16(13-7-9-26(23,24)14-6-2-1-5-12(13)14)20-8-3-4-11(10-20)15-18-19-17(22)25-15/h1-2,5-6,11,13H,3-4,7-10H2,(H,19,22). The van der Waals surface area contributed by atoms with Gasteiger partial charge in [0.1, 0.15) is 0 Å². The Kier molecular flexibility index (Phi) is 4.18. The lowest BCUT2D eigenvalue weighted by Crippen LogP contribution is -2.43. The number of sulfone groups is 1. The number of likely N-dealkylation sites (tertiary alicyclic amines) is 1. The minimum Gasteiger partial charge on any atom is -0.392 e. The molecule has 26 heavy (non-hydrogen) atoms. The summed E-state index contributed by atoms with van der Waals surface area (Å²) >= 11 is 0. The van der Waals surface area contributed by atoms with Crippen LogP contribution in [0.5, 0.6) is 0 Å². The lowest BCUT2D eigenvalue weighted by atomic mass is 9.91. The molecule has 2 aliphatic rings. The summed E-state index contributed by atoms with van der Waals surface area (Å²) < 4.78 is 29.6. The molecule has 0 radical (unpaired) electrons. The van der Waals surface area contributed by atoms with Gasteiger partial charge in [-0.25, -0.2) is 18.3 Å². The number of aromatic nitrogens is 2. The van der Waals surface area contributed by atoms with Gasteiger partial charge in [0.05, 0.1) is 22.5 Å². The number of H-pyrrole nitrogens is 1. The predicted molar refractivity (Wildman–Crippen MR) is 91.5 cm³/mol. The van der Waals surface area contributed by atoms with E-state index in [0.29, 0.717) is 24.5 Å². The van der Waals surface area contributed by atoms with E-state index in [1.165, 1.54) is 0 Å². The summed E-state index contributed by atoms with van der Waals surface area (Å²) in [5, 5.41) is 6.13. The topological polar surface area (TPSA) is 113 Å². The van der Waals surface area contributed by atoms with E-state index in [1.54, 1.807) is 29.2 Å². The molecule has 0 saturated carbocycles. The van der Waals surface area contributed by atoms with Gasteiger partial charge in [0.25, 0.3) is 0 Å². The second-order valence-electron chi connectivity index (χ2n) is 6.77. The summed E-state index contributed by atoms with van der Waals surface area (Å²) in [6.07, 6.45) is 1.85. The average Bonchev–Trinajstić information content (AvgIpc) is 3.08. The number of carbonyl (C=O) groups is 1. The quantitative estimate of drug-likeness (QED) is 0.836. The molecular formula is C17H19N3O5S. The Bertz CT molecular complexity index is 994. The van der Waals surface area contributed by atoms with E-state index in [-0.39, 0.29) is 28.9 Å². The Morgan fingerprint density at radius 2 is 2.08 bits per heavy atom. The SMILES string of the molecule is O=C(C1CCS(=O)(=O)c2ccccc21)N1CCCC(c2n[nH]c(=O)o2)C1. The van der Waals surface area contributed by atoms with Gasteiger partial charge < -0.3 is 9.32 Å². The van der Waals surface area contributed by atoms with Crippen molar-refractivity contribution < 1.29 is 17.6 Å². The molecule has 1 aromatic carbocycles. The first-order valence-corrected chi connectivity index (χ1v) is 10.3. The van der Waals surface area contributed by atoms with Gasteiger partial charge in [-0.15, -0.1) is 5.10 Å². The van der Waals surface area contributed by atoms with E-state index in [1.807, 2.05) is 0 Å². The second kappa shape index (κ2) is 6.39. The van der Waals surface area contributed by atoms with Crippen LogP contribution >= 0.6 is 0 Å². The van der Waals surface area contributed by atoms with Crippen LogP contribution in [0.25, 0.3) is 0 Å². The highest BCUT2D eigenvalue weighted by molar-refractivity contribution is 7.91. The molecule has 8 nitrogen and oxygen atoms in total. The molecule has 2 atom stereocenters. The molecule has 0 aliphatic carbocycles. The number of aromatic amines is 1. The van der Waals surface area contributed by atoms with Crippen molar-refractivity contribution in [2.75, 3.05) is 18.8 Å². The van der Waals surface area contributed by atoms with Crippen LogP contribution in [0.2, 0.25) is 0 Å². The van der Waals surface area contributed by atoms with Crippen LogP contribution in [0.4, 0.5) is 0 Å². The molecule has 1 saturated heterocycles. The van der Waals surface area contributed by atoms with Crippen LogP contribution in [0.15, 0.2) is 38.4 Å². The summed E-state index contributed by atoms with van der Waals surface area (Å²) in [5.74, 6) is -0.968. The number of nitrogens with one attached hydrogen (secondary N) is 1. The molecule has 1 N–H and O–H groups in total. The van der Waals surface area contributed by atoms with Gasteiger partial charge >= 0.3 is 5.76 Å². The highest BCUT2D eigenvalue weighted by Gasteiger charge is 2.38. The molecule has 0 bridgehead atoms. The van der Waals surface area contributed by atoms with E-state index in [9.17, 15) is 18.0 Å². The zero-order chi connectivity index (χ0) is 18.3. The van der Waals surface area contributed by atoms with Gasteiger partial charge in [0, 0.05) is 13.1 Å². The number of nitrogens with zero attached hydrogens (tertiary/aromatic N) is 2. The minimum absolute atomic E-state index is 0.0219. The number of amides is 1. The van der Waals surface area contributed by atoms with Gasteiger partial charge in [0.15, 0.2) is 9.84 Å². The molecule has 138 valence electrons. The van der Waals surface area contributed by atoms with Crippen LogP contribution in [0.1, 0.15) is 42.6 Å². The molecule has 2 aromatic rings. The first-order chi connectivity index (χ1) is 12.5. The number of fused-ring (bicyclic) bond motifs is 1. The van der Waals surface area contributed by atoms with E-state index in [0.717, 1.165) is 12.8 Å². The summed E-state index contributed by atoms with van der Waals surface area (Å²) in [6.45, 7) is 1.02. The van der Waals surface area contributed by atoms with Crippen molar-refractivity contribution in [3.63, 3.8) is 0 Å². The largest absolute Gasteiger partial charge is 0.434 e. The van der Waals surface area contributed by atoms with Crippen molar-refractivity contribution in [1.82, 2.24) is 15.1 Å². The van der Waals surface area contributed by atoms with Gasteiger partial charge in [-0.2, -0.15) is 0 Å². The molecule has 0 spiro atoms. The minimum atomic E-state index is -3.32. The second-order valence-corrected chi connectivity index (χ2v) is 8.85. The fraction of sp³-hybridized carbons (Fsp3) is 0.471. The average molecular weight is 377 g/mol. The summed E-state index contributed by atoms with van der Waals surface area (Å²) in [4.78, 5) is 26.3. The lowest BCUT2D eigenvalue weighted by molar-refractivity contribution is -0.134. The Labute approximate surface area is 150 Å². The van der Waals surface area contributed by atoms with E-state index >= 15 is 0 Å². The van der Waals surface area contributed by atoms with Crippen molar-refractivity contribution in [3.05, 3.63) is 46.3 Å². The summed E-state index contributed by atoms with van der Waals surface area (Å²) in [5.41, 5.74) is 0.581. The normalized spacial score (nSPS) is 24.8. The maximum atomic E-state index is 13.1. The van der Waals surface area contributed by atoms with Crippen LogP contribution in [-0.4, -0.2) is 48.3 Å². The number of rotatable bonds is 2. The zero-order valence-corrected chi connectivity index (χ0v) is 14.9. The Hall–Kier alpha value is -2.42. The molecule has 3 heterocycles. The number of hydrogen-bond donors (Lipinski definition) is 1. The predicted octanol–water partition coefficient (Wildman–Crippen LogP) is 1.03. The number of piperidine rings is 1. The van der Waals surface area contributed by atoms with E-state index < -0.39 is 21.5 Å². The molecule has 1 aromatic heterocycles. The maximum Gasteiger partial charge on any atom is 0.434 e. The van der Waals surface area contributed by atoms with Crippen LogP contribution in [-0.2, 0) is 14.6 Å². The van der Waals surface area contributed by atoms with E-state index in [2.05, 4.69) is 10.2 Å². The molecule has 1 fully saturated rings. The van der Waals surface area contributed by atoms with Crippen LogP contribution < -0.4 is 5.76 Å². The highest BCUT2D eigenvalue weighted by atomic mass is 32.2. The molecule has 2 unspecified atom stereocenters. The third-order valence-corrected chi connectivity index (χ3v) is 6.95. The van der Waals surface area contributed by atoms with Crippen LogP contribution in [0.3, 0.4) is 0 Å². The number of benzene rings is 1. The van der Waals surface area contributed by atoms with Crippen molar-refractivity contribution in [2.45, 2.75) is 36.0 Å². The maximum absolute atomic E-state index is 13.1. The van der Waals surface area contributed by atoms with Crippen molar-refractivity contribution in [1.29, 1.82) is 0 Å². The number of carbonyl (C=O) groups excluding carboxylic acids is 1. The van der Waals surface area contributed by atoms with Gasteiger partial charge in [-0.3, -0.25) is 4.79 Å². The third-order valence-electron chi connectivity index (χ3n) is 5.14. The molecule has 9 heteroatoms. The molecule has 2 aliphatic heterocycles. The van der Waals surface area contributed by atoms with Crippen molar-refractivity contribution in [2.24, 2.45) is 0 Å². The summed E-state index contributed by atoms with van der Waals surface area (Å²) in [7, 11) is -3.32. The summed E-state index contributed by atoms with van der Waals surface area (Å²) in [6, 6.07) is 6.74. The Morgan fingerprint density at radius 1 is 1.27 bits per heavy atom. The Balaban J connectivity index is 1.59. The van der Waals surface area contributed by atoms with E-state index in [4.69, 9.17) is 4.42 Å². The molecule has 1 amide bonds. The fourth-order valence-electron chi connectivity index (χ4n) is 3.86. The van der Waals surface area contributed by atoms with Gasteiger partial charge in [0.2, 0.25) is 11.8 Å². The third kappa shape index (κ3) is 2.96. The monoisotopic (exact) mass is 377 g/mol. The number of hydrogen-bond acceptors (Lipinski definition) is 6. The molecular weight excluding hydrogens is 358 g/mol. The van der Waals surface area contributed by atoms with Gasteiger partial charge in [-0.1, -0.05) is 18.2 Å². The van der Waals surface area contributed by atoms with Crippen LogP contribution in [0, 0.1) is 0 Å². The lowest BCUT2D eigenvalue weighted by Gasteiger charge is -2.35. The van der Waals surface area contributed by atoms with Crippen molar-refractivity contribution in [3.8, 4) is 0 Å². The zero-order valence-electron chi connectivity index (χ0n) is 14.1. The highest BCUT2D eigenvalue weighted by Crippen LogP contribution is 2.36. The fourth-order valence-corrected chi connectivity index (χ4v) is 5.48. The van der Waals surface area contributed by atoms with Gasteiger partial charge in [-0.05, 0) is 30.9 Å².